The lowest BCUT2D eigenvalue weighted by Gasteiger charge is -2.08. The van der Waals surface area contributed by atoms with Gasteiger partial charge in [-0.1, -0.05) is 54.6 Å². The third kappa shape index (κ3) is 6.31. The van der Waals surface area contributed by atoms with Gasteiger partial charge in [0.15, 0.2) is 0 Å². The summed E-state index contributed by atoms with van der Waals surface area (Å²) in [6, 6.07) is 25.5. The van der Waals surface area contributed by atoms with E-state index in [0.29, 0.717) is 30.0 Å². The third-order valence-corrected chi connectivity index (χ3v) is 4.63. The molecule has 0 saturated heterocycles. The van der Waals surface area contributed by atoms with Gasteiger partial charge in [0, 0.05) is 6.54 Å². The summed E-state index contributed by atoms with van der Waals surface area (Å²) < 4.78 is 10.4. The van der Waals surface area contributed by atoms with Gasteiger partial charge in [0.1, 0.15) is 24.0 Å². The highest BCUT2D eigenvalue weighted by atomic mass is 16.5. The van der Waals surface area contributed by atoms with Gasteiger partial charge in [-0.25, -0.2) is 4.79 Å². The third-order valence-electron chi connectivity index (χ3n) is 4.63. The van der Waals surface area contributed by atoms with Crippen LogP contribution in [0.4, 0.5) is 0 Å². The number of carbonyl (C=O) groups is 2. The summed E-state index contributed by atoms with van der Waals surface area (Å²) in [6.45, 7) is 0.689. The van der Waals surface area contributed by atoms with E-state index in [-0.39, 0.29) is 11.5 Å². The molecule has 6 heteroatoms. The molecule has 0 heterocycles. The summed E-state index contributed by atoms with van der Waals surface area (Å²) in [5, 5.41) is 12.1. The van der Waals surface area contributed by atoms with E-state index in [0.717, 1.165) is 11.1 Å². The van der Waals surface area contributed by atoms with Gasteiger partial charge in [-0.05, 0) is 47.0 Å². The number of hydrogen-bond donors (Lipinski definition) is 1. The summed E-state index contributed by atoms with van der Waals surface area (Å²) in [7, 11) is 1.34. The maximum atomic E-state index is 12.3. The molecule has 6 nitrogen and oxygen atoms in total. The first-order valence-electron chi connectivity index (χ1n) is 9.93. The van der Waals surface area contributed by atoms with Gasteiger partial charge in [-0.3, -0.25) is 4.79 Å². The topological polar surface area (TPSA) is 88.4 Å². The van der Waals surface area contributed by atoms with Gasteiger partial charge in [-0.2, -0.15) is 5.26 Å². The Morgan fingerprint density at radius 1 is 0.938 bits per heavy atom. The number of carbonyl (C=O) groups excluding carboxylic acids is 2. The van der Waals surface area contributed by atoms with Crippen LogP contribution in [-0.4, -0.2) is 19.0 Å². The fourth-order valence-corrected chi connectivity index (χ4v) is 2.87. The second kappa shape index (κ2) is 11.1. The Bertz CT molecular complexity index is 1130. The number of rotatable bonds is 8. The minimum Gasteiger partial charge on any atom is -0.489 e. The second-order valence-corrected chi connectivity index (χ2v) is 6.88. The molecule has 0 radical (unpaired) electrons. The first-order valence-corrected chi connectivity index (χ1v) is 9.93. The Balaban J connectivity index is 1.56. The van der Waals surface area contributed by atoms with Crippen LogP contribution in [0.3, 0.4) is 0 Å². The fraction of sp³-hybridized carbons (Fsp3) is 0.115. The second-order valence-electron chi connectivity index (χ2n) is 6.88. The summed E-state index contributed by atoms with van der Waals surface area (Å²) in [5.41, 5.74) is 3.09. The van der Waals surface area contributed by atoms with E-state index in [1.54, 1.807) is 48.5 Å². The molecule has 0 bridgehead atoms. The first kappa shape index (κ1) is 22.3. The number of nitriles is 1. The van der Waals surface area contributed by atoms with Gasteiger partial charge < -0.3 is 14.8 Å². The summed E-state index contributed by atoms with van der Waals surface area (Å²) in [5.74, 6) is -0.162. The van der Waals surface area contributed by atoms with E-state index in [1.165, 1.54) is 13.2 Å². The van der Waals surface area contributed by atoms with E-state index in [2.05, 4.69) is 10.1 Å². The molecule has 0 aliphatic rings. The molecular formula is C26H22N2O4. The van der Waals surface area contributed by atoms with E-state index < -0.39 is 5.91 Å². The molecule has 0 aliphatic carbocycles. The zero-order valence-corrected chi connectivity index (χ0v) is 17.6. The highest BCUT2D eigenvalue weighted by molar-refractivity contribution is 6.01. The quantitative estimate of drug-likeness (QED) is 0.330. The Hall–Kier alpha value is -4.37. The van der Waals surface area contributed by atoms with Crippen LogP contribution in [0.25, 0.3) is 6.08 Å². The first-order chi connectivity index (χ1) is 15.6. The van der Waals surface area contributed by atoms with Crippen LogP contribution in [0.2, 0.25) is 0 Å². The van der Waals surface area contributed by atoms with Crippen molar-refractivity contribution in [3.05, 3.63) is 107 Å². The predicted octanol–water partition coefficient (Wildman–Crippen LogP) is 4.28. The largest absolute Gasteiger partial charge is 0.489 e. The minimum absolute atomic E-state index is 0.0281. The lowest BCUT2D eigenvalue weighted by atomic mass is 10.1. The Morgan fingerprint density at radius 2 is 1.62 bits per heavy atom. The molecule has 0 aromatic heterocycles. The van der Waals surface area contributed by atoms with E-state index in [1.807, 2.05) is 36.4 Å². The van der Waals surface area contributed by atoms with Crippen LogP contribution in [0.15, 0.2) is 84.4 Å². The van der Waals surface area contributed by atoms with Gasteiger partial charge in [-0.15, -0.1) is 0 Å². The van der Waals surface area contributed by atoms with Crippen LogP contribution < -0.4 is 10.1 Å². The zero-order chi connectivity index (χ0) is 22.8. The van der Waals surface area contributed by atoms with Crippen LogP contribution in [0.5, 0.6) is 5.75 Å². The Kier molecular flexibility index (Phi) is 7.77. The van der Waals surface area contributed by atoms with Gasteiger partial charge in [0.25, 0.3) is 5.91 Å². The van der Waals surface area contributed by atoms with Crippen molar-refractivity contribution in [1.82, 2.24) is 5.32 Å². The smallest absolute Gasteiger partial charge is 0.337 e. The molecule has 1 amide bonds. The SMILES string of the molecule is COC(=O)c1ccc(COc2ccc(/C=C(\C#N)C(=O)NCc3ccccc3)cc2)cc1. The monoisotopic (exact) mass is 426 g/mol. The lowest BCUT2D eigenvalue weighted by molar-refractivity contribution is -0.117. The highest BCUT2D eigenvalue weighted by Gasteiger charge is 2.09. The van der Waals surface area contributed by atoms with Crippen molar-refractivity contribution in [3.8, 4) is 11.8 Å². The van der Waals surface area contributed by atoms with Crippen LogP contribution >= 0.6 is 0 Å². The number of nitrogens with zero attached hydrogens (tertiary/aromatic N) is 1. The maximum absolute atomic E-state index is 12.3. The summed E-state index contributed by atoms with van der Waals surface area (Å²) >= 11 is 0. The van der Waals surface area contributed by atoms with Gasteiger partial charge in [0.2, 0.25) is 0 Å². The lowest BCUT2D eigenvalue weighted by Crippen LogP contribution is -2.23. The number of hydrogen-bond acceptors (Lipinski definition) is 5. The summed E-state index contributed by atoms with van der Waals surface area (Å²) in [4.78, 5) is 23.8. The van der Waals surface area contributed by atoms with E-state index >= 15 is 0 Å². The van der Waals surface area contributed by atoms with Crippen molar-refractivity contribution in [3.63, 3.8) is 0 Å². The number of ether oxygens (including phenoxy) is 2. The zero-order valence-electron chi connectivity index (χ0n) is 17.6. The van der Waals surface area contributed by atoms with Crippen LogP contribution in [0.1, 0.15) is 27.0 Å². The van der Waals surface area contributed by atoms with Gasteiger partial charge >= 0.3 is 5.97 Å². The predicted molar refractivity (Wildman–Crippen MR) is 120 cm³/mol. The number of esters is 1. The van der Waals surface area contributed by atoms with E-state index in [4.69, 9.17) is 4.74 Å². The molecule has 3 aromatic rings. The van der Waals surface area contributed by atoms with Crippen molar-refractivity contribution in [2.45, 2.75) is 13.2 Å². The Morgan fingerprint density at radius 3 is 2.25 bits per heavy atom. The molecule has 0 unspecified atom stereocenters. The number of amides is 1. The van der Waals surface area contributed by atoms with Crippen molar-refractivity contribution in [1.29, 1.82) is 5.26 Å². The fourth-order valence-electron chi connectivity index (χ4n) is 2.87. The minimum atomic E-state index is -0.424. The number of benzene rings is 3. The van der Waals surface area contributed by atoms with Crippen molar-refractivity contribution < 1.29 is 19.1 Å². The molecule has 32 heavy (non-hydrogen) atoms. The molecule has 3 aromatic carbocycles. The standard InChI is InChI=1S/C26H22N2O4/c1-31-26(30)22-11-7-21(8-12-22)18-32-24-13-9-19(10-14-24)15-23(16-27)25(29)28-17-20-5-3-2-4-6-20/h2-15H,17-18H2,1H3,(H,28,29)/b23-15+. The molecular weight excluding hydrogens is 404 g/mol. The average Bonchev–Trinajstić information content (AvgIpc) is 2.85. The molecule has 160 valence electrons. The molecule has 0 fully saturated rings. The molecule has 1 N–H and O–H groups in total. The molecule has 3 rings (SSSR count). The van der Waals surface area contributed by atoms with Crippen molar-refractivity contribution in [2.75, 3.05) is 7.11 Å². The van der Waals surface area contributed by atoms with E-state index in [9.17, 15) is 14.9 Å². The molecule has 0 saturated carbocycles. The van der Waals surface area contributed by atoms with Gasteiger partial charge in [0.05, 0.1) is 12.7 Å². The molecule has 0 spiro atoms. The molecule has 0 aliphatic heterocycles. The average molecular weight is 426 g/mol. The van der Waals surface area contributed by atoms with Crippen molar-refractivity contribution in [2.24, 2.45) is 0 Å². The number of nitrogens with one attached hydrogen (secondary N) is 1. The summed E-state index contributed by atoms with van der Waals surface area (Å²) in [6.07, 6.45) is 1.54. The maximum Gasteiger partial charge on any atom is 0.337 e. The molecule has 0 atom stereocenters. The normalized spacial score (nSPS) is 10.7. The van der Waals surface area contributed by atoms with Crippen molar-refractivity contribution >= 4 is 18.0 Å². The number of methoxy groups -OCH3 is 1. The Labute approximate surface area is 186 Å². The van der Waals surface area contributed by atoms with Crippen LogP contribution in [0, 0.1) is 11.3 Å². The highest BCUT2D eigenvalue weighted by Crippen LogP contribution is 2.17. The van der Waals surface area contributed by atoms with Crippen LogP contribution in [-0.2, 0) is 22.7 Å².